The van der Waals surface area contributed by atoms with E-state index in [2.05, 4.69) is 9.97 Å². The van der Waals surface area contributed by atoms with E-state index >= 15 is 0 Å². The maximum Gasteiger partial charge on any atom is 0.433 e. The Bertz CT molecular complexity index is 973. The summed E-state index contributed by atoms with van der Waals surface area (Å²) in [5.74, 6) is -0.628. The second kappa shape index (κ2) is 4.77. The van der Waals surface area contributed by atoms with Crippen LogP contribution in [0.15, 0.2) is 39.5 Å². The highest BCUT2D eigenvalue weighted by Gasteiger charge is 2.18. The molecule has 0 aliphatic rings. The highest BCUT2D eigenvalue weighted by Crippen LogP contribution is 2.24. The summed E-state index contributed by atoms with van der Waals surface area (Å²) in [5, 5.41) is 21.4. The minimum Gasteiger partial charge on any atom is -0.399 e. The predicted octanol–water partition coefficient (Wildman–Crippen LogP) is 2.00. The van der Waals surface area contributed by atoms with Crippen molar-refractivity contribution in [1.82, 2.24) is 9.97 Å². The van der Waals surface area contributed by atoms with Crippen LogP contribution in [0.4, 0.5) is 11.6 Å². The van der Waals surface area contributed by atoms with Crippen LogP contribution in [0.5, 0.6) is 0 Å². The molecule has 0 atom stereocenters. The molecule has 0 unspecified atom stereocenters. The van der Waals surface area contributed by atoms with Gasteiger partial charge in [-0.2, -0.15) is 0 Å². The number of H-pyrrole nitrogens is 1. The number of nitro groups is 2. The van der Waals surface area contributed by atoms with Crippen LogP contribution in [0.2, 0.25) is 0 Å². The predicted molar refractivity (Wildman–Crippen MR) is 73.4 cm³/mol. The zero-order valence-corrected chi connectivity index (χ0v) is 10.7. The van der Waals surface area contributed by atoms with Crippen molar-refractivity contribution in [3.8, 4) is 11.5 Å². The van der Waals surface area contributed by atoms with Gasteiger partial charge in [0, 0.05) is 12.1 Å². The average Bonchev–Trinajstić information content (AvgIpc) is 2.95. The highest BCUT2D eigenvalue weighted by molar-refractivity contribution is 5.78. The van der Waals surface area contributed by atoms with Crippen LogP contribution in [-0.2, 0) is 0 Å². The van der Waals surface area contributed by atoms with Gasteiger partial charge in [-0.15, -0.1) is 0 Å². The third-order valence-corrected chi connectivity index (χ3v) is 2.89. The molecule has 110 valence electrons. The molecule has 22 heavy (non-hydrogen) atoms. The summed E-state index contributed by atoms with van der Waals surface area (Å²) < 4.78 is 4.92. The minimum atomic E-state index is -0.746. The summed E-state index contributed by atoms with van der Waals surface area (Å²) in [4.78, 5) is 38.4. The second-order valence-electron chi connectivity index (χ2n) is 4.27. The molecule has 0 aliphatic carbocycles. The van der Waals surface area contributed by atoms with Crippen LogP contribution in [0.25, 0.3) is 22.5 Å². The van der Waals surface area contributed by atoms with Crippen molar-refractivity contribution in [2.24, 2.45) is 0 Å². The Hall–Kier alpha value is -3.56. The second-order valence-corrected chi connectivity index (χ2v) is 4.27. The number of fused-ring (bicyclic) bond motifs is 1. The first kappa shape index (κ1) is 13.4. The molecule has 0 radical (unpaired) electrons. The topological polar surface area (TPSA) is 145 Å². The van der Waals surface area contributed by atoms with Crippen molar-refractivity contribution in [2.75, 3.05) is 0 Å². The lowest BCUT2D eigenvalue weighted by Crippen LogP contribution is -2.11. The SMILES string of the molecule is O=c1[nH]c2ccc([N+](=O)[O-])cc2nc1-c1ccc([N+](=O)[O-])o1. The Kier molecular flexibility index (Phi) is 2.91. The quantitative estimate of drug-likeness (QED) is 0.575. The lowest BCUT2D eigenvalue weighted by molar-refractivity contribution is -0.401. The van der Waals surface area contributed by atoms with Crippen molar-refractivity contribution in [3.05, 3.63) is 60.9 Å². The summed E-state index contributed by atoms with van der Waals surface area (Å²) in [6.07, 6.45) is 0. The van der Waals surface area contributed by atoms with Gasteiger partial charge in [0.1, 0.15) is 4.92 Å². The molecular formula is C12H6N4O6. The largest absolute Gasteiger partial charge is 0.433 e. The van der Waals surface area contributed by atoms with Gasteiger partial charge in [0.15, 0.2) is 11.5 Å². The molecule has 0 fully saturated rings. The molecule has 10 heteroatoms. The van der Waals surface area contributed by atoms with Gasteiger partial charge in [0.25, 0.3) is 11.2 Å². The van der Waals surface area contributed by atoms with Crippen molar-refractivity contribution < 1.29 is 14.3 Å². The van der Waals surface area contributed by atoms with Gasteiger partial charge in [-0.1, -0.05) is 0 Å². The first-order valence-electron chi connectivity index (χ1n) is 5.89. The minimum absolute atomic E-state index is 0.0960. The van der Waals surface area contributed by atoms with Gasteiger partial charge in [0.2, 0.25) is 0 Å². The molecule has 3 aromatic rings. The fourth-order valence-electron chi connectivity index (χ4n) is 1.90. The summed E-state index contributed by atoms with van der Waals surface area (Å²) in [5.41, 5.74) is -0.529. The molecule has 2 aromatic heterocycles. The fraction of sp³-hybridized carbons (Fsp3) is 0. The summed E-state index contributed by atoms with van der Waals surface area (Å²) in [7, 11) is 0. The Morgan fingerprint density at radius 3 is 2.50 bits per heavy atom. The number of non-ortho nitro benzene ring substituents is 1. The monoisotopic (exact) mass is 302 g/mol. The molecule has 3 rings (SSSR count). The normalized spacial score (nSPS) is 10.7. The van der Waals surface area contributed by atoms with E-state index in [0.717, 1.165) is 6.07 Å². The summed E-state index contributed by atoms with van der Waals surface area (Å²) in [6.45, 7) is 0. The van der Waals surface area contributed by atoms with Crippen LogP contribution in [0.1, 0.15) is 0 Å². The maximum absolute atomic E-state index is 11.9. The number of aromatic nitrogens is 2. The van der Waals surface area contributed by atoms with E-state index in [0.29, 0.717) is 5.52 Å². The number of nitrogens with one attached hydrogen (secondary N) is 1. The number of nitrogens with zero attached hydrogens (tertiary/aromatic N) is 3. The van der Waals surface area contributed by atoms with E-state index in [1.807, 2.05) is 0 Å². The first-order valence-corrected chi connectivity index (χ1v) is 5.89. The first-order chi connectivity index (χ1) is 10.5. The van der Waals surface area contributed by atoms with Gasteiger partial charge >= 0.3 is 5.88 Å². The van der Waals surface area contributed by atoms with E-state index in [1.54, 1.807) is 0 Å². The standard InChI is InChI=1S/C12H6N4O6/c17-12-11(9-3-4-10(22-9)16(20)21)13-8-5-6(15(18)19)1-2-7(8)14-12/h1-5H,(H,14,17). The summed E-state index contributed by atoms with van der Waals surface area (Å²) in [6, 6.07) is 6.10. The van der Waals surface area contributed by atoms with E-state index in [9.17, 15) is 25.0 Å². The molecule has 2 heterocycles. The molecule has 0 amide bonds. The number of hydrogen-bond donors (Lipinski definition) is 1. The lowest BCUT2D eigenvalue weighted by atomic mass is 10.2. The molecule has 10 nitrogen and oxygen atoms in total. The van der Waals surface area contributed by atoms with E-state index in [-0.39, 0.29) is 22.7 Å². The van der Waals surface area contributed by atoms with Crippen LogP contribution >= 0.6 is 0 Å². The molecule has 0 saturated heterocycles. The molecule has 0 saturated carbocycles. The third kappa shape index (κ3) is 2.18. The summed E-state index contributed by atoms with van der Waals surface area (Å²) >= 11 is 0. The van der Waals surface area contributed by atoms with Crippen molar-refractivity contribution >= 4 is 22.6 Å². The third-order valence-electron chi connectivity index (χ3n) is 2.89. The number of rotatable bonds is 3. The van der Waals surface area contributed by atoms with Crippen molar-refractivity contribution in [1.29, 1.82) is 0 Å². The number of nitro benzene ring substituents is 1. The van der Waals surface area contributed by atoms with Gasteiger partial charge in [-0.05, 0) is 12.1 Å². The zero-order valence-electron chi connectivity index (χ0n) is 10.7. The van der Waals surface area contributed by atoms with Crippen LogP contribution < -0.4 is 5.56 Å². The Labute approximate surface area is 120 Å². The number of aromatic amines is 1. The average molecular weight is 302 g/mol. The molecule has 0 aliphatic heterocycles. The molecule has 0 spiro atoms. The van der Waals surface area contributed by atoms with E-state index < -0.39 is 21.3 Å². The number of furan rings is 1. The van der Waals surface area contributed by atoms with Crippen LogP contribution in [-0.4, -0.2) is 19.8 Å². The van der Waals surface area contributed by atoms with Gasteiger partial charge in [-0.3, -0.25) is 25.0 Å². The van der Waals surface area contributed by atoms with E-state index in [4.69, 9.17) is 4.42 Å². The Morgan fingerprint density at radius 1 is 1.09 bits per heavy atom. The van der Waals surface area contributed by atoms with Crippen molar-refractivity contribution in [2.45, 2.75) is 0 Å². The maximum atomic E-state index is 11.9. The highest BCUT2D eigenvalue weighted by atomic mass is 16.6. The van der Waals surface area contributed by atoms with Crippen LogP contribution in [0.3, 0.4) is 0 Å². The van der Waals surface area contributed by atoms with Gasteiger partial charge in [0.05, 0.1) is 22.0 Å². The lowest BCUT2D eigenvalue weighted by Gasteiger charge is -2.00. The van der Waals surface area contributed by atoms with Gasteiger partial charge in [-0.25, -0.2) is 4.98 Å². The van der Waals surface area contributed by atoms with Crippen LogP contribution in [0, 0.1) is 20.2 Å². The number of hydrogen-bond acceptors (Lipinski definition) is 7. The molecule has 1 N–H and O–H groups in total. The molecular weight excluding hydrogens is 296 g/mol. The van der Waals surface area contributed by atoms with E-state index in [1.165, 1.54) is 24.3 Å². The molecule has 1 aromatic carbocycles. The Balaban J connectivity index is 2.20. The Morgan fingerprint density at radius 2 is 1.86 bits per heavy atom. The smallest absolute Gasteiger partial charge is 0.399 e. The zero-order chi connectivity index (χ0) is 15.9. The molecule has 0 bridgehead atoms. The number of benzene rings is 1. The van der Waals surface area contributed by atoms with Gasteiger partial charge < -0.3 is 9.40 Å². The fourth-order valence-corrected chi connectivity index (χ4v) is 1.90. The van der Waals surface area contributed by atoms with Crippen molar-refractivity contribution in [3.63, 3.8) is 0 Å².